The summed E-state index contributed by atoms with van der Waals surface area (Å²) in [5, 5.41) is 8.04. The Morgan fingerprint density at radius 2 is 2.04 bits per heavy atom. The van der Waals surface area contributed by atoms with E-state index in [0.29, 0.717) is 18.1 Å². The number of hydrogen-bond donors (Lipinski definition) is 2. The van der Waals surface area contributed by atoms with Crippen molar-refractivity contribution in [3.05, 3.63) is 63.8 Å². The minimum absolute atomic E-state index is 0.0702. The van der Waals surface area contributed by atoms with Gasteiger partial charge in [0.1, 0.15) is 0 Å². The first-order chi connectivity index (χ1) is 12.1. The number of benzene rings is 1. The molecule has 3 aromatic rings. The molecule has 0 amide bonds. The van der Waals surface area contributed by atoms with Crippen LogP contribution in [0.4, 0.5) is 5.82 Å². The quantitative estimate of drug-likeness (QED) is 0.737. The lowest BCUT2D eigenvalue weighted by molar-refractivity contribution is 0.729. The lowest BCUT2D eigenvalue weighted by Crippen LogP contribution is -2.24. The van der Waals surface area contributed by atoms with Crippen LogP contribution in [0, 0.1) is 0 Å². The van der Waals surface area contributed by atoms with Crippen LogP contribution in [-0.4, -0.2) is 26.3 Å². The van der Waals surface area contributed by atoms with Gasteiger partial charge in [0.15, 0.2) is 5.82 Å². The molecule has 1 aliphatic rings. The van der Waals surface area contributed by atoms with Crippen LogP contribution < -0.4 is 10.9 Å². The highest BCUT2D eigenvalue weighted by atomic mass is 35.5. The summed E-state index contributed by atoms with van der Waals surface area (Å²) in [5.41, 5.74) is 2.57. The monoisotopic (exact) mass is 355 g/mol. The van der Waals surface area contributed by atoms with E-state index in [4.69, 9.17) is 11.6 Å². The maximum atomic E-state index is 12.3. The fourth-order valence-electron chi connectivity index (χ4n) is 3.01. The van der Waals surface area contributed by atoms with Crippen molar-refractivity contribution in [2.45, 2.75) is 18.3 Å². The summed E-state index contributed by atoms with van der Waals surface area (Å²) in [6, 6.07) is 7.93. The van der Waals surface area contributed by atoms with Gasteiger partial charge in [-0.05, 0) is 30.5 Å². The molecular weight excluding hydrogens is 338 g/mol. The van der Waals surface area contributed by atoms with Crippen LogP contribution in [0.5, 0.6) is 0 Å². The number of nitrogens with zero attached hydrogens (tertiary/aromatic N) is 3. The zero-order valence-electron chi connectivity index (χ0n) is 13.8. The number of aromatic amines is 1. The highest BCUT2D eigenvalue weighted by Gasteiger charge is 2.44. The average molecular weight is 356 g/mol. The number of nitrogens with one attached hydrogen (secondary N) is 2. The molecular formula is C18H18ClN5O. The van der Waals surface area contributed by atoms with Crippen molar-refractivity contribution in [1.82, 2.24) is 19.7 Å². The highest BCUT2D eigenvalue weighted by Crippen LogP contribution is 2.48. The normalized spacial score (nSPS) is 15.1. The van der Waals surface area contributed by atoms with Gasteiger partial charge in [0.05, 0.1) is 18.1 Å². The first-order valence-corrected chi connectivity index (χ1v) is 8.52. The molecule has 7 heteroatoms. The molecule has 0 aliphatic heterocycles. The molecule has 1 saturated carbocycles. The Morgan fingerprint density at radius 3 is 2.64 bits per heavy atom. The van der Waals surface area contributed by atoms with E-state index in [1.807, 2.05) is 25.4 Å². The van der Waals surface area contributed by atoms with Gasteiger partial charge in [0.2, 0.25) is 0 Å². The zero-order chi connectivity index (χ0) is 17.4. The van der Waals surface area contributed by atoms with E-state index in [-0.39, 0.29) is 11.0 Å². The van der Waals surface area contributed by atoms with Crippen LogP contribution in [0.25, 0.3) is 11.3 Å². The van der Waals surface area contributed by atoms with Crippen molar-refractivity contribution in [2.75, 3.05) is 11.9 Å². The molecule has 1 aromatic carbocycles. The molecule has 25 heavy (non-hydrogen) atoms. The van der Waals surface area contributed by atoms with Crippen molar-refractivity contribution in [2.24, 2.45) is 7.05 Å². The Labute approximate surface area is 149 Å². The van der Waals surface area contributed by atoms with E-state index < -0.39 is 0 Å². The first kappa shape index (κ1) is 15.9. The minimum atomic E-state index is -0.228. The molecule has 0 radical (unpaired) electrons. The van der Waals surface area contributed by atoms with Crippen LogP contribution in [0.3, 0.4) is 0 Å². The largest absolute Gasteiger partial charge is 0.365 e. The summed E-state index contributed by atoms with van der Waals surface area (Å²) in [5.74, 6) is 0.341. The van der Waals surface area contributed by atoms with Gasteiger partial charge in [-0.15, -0.1) is 0 Å². The number of halogens is 1. The van der Waals surface area contributed by atoms with Gasteiger partial charge in [-0.25, -0.2) is 4.98 Å². The van der Waals surface area contributed by atoms with Gasteiger partial charge in [-0.1, -0.05) is 23.7 Å². The SMILES string of the molecule is Cn1cc(-c2cnc(NCC3(c4ccc(Cl)cc4)CC3)c(=O)[nH]2)cn1. The second-order valence-electron chi connectivity index (χ2n) is 6.52. The second-order valence-corrected chi connectivity index (χ2v) is 6.95. The molecule has 4 rings (SSSR count). The second kappa shape index (κ2) is 6.04. The molecule has 0 atom stereocenters. The lowest BCUT2D eigenvalue weighted by atomic mass is 9.96. The number of hydrogen-bond acceptors (Lipinski definition) is 4. The average Bonchev–Trinajstić information content (AvgIpc) is 3.27. The molecule has 2 aromatic heterocycles. The maximum absolute atomic E-state index is 12.3. The van der Waals surface area contributed by atoms with Gasteiger partial charge in [0.25, 0.3) is 5.56 Å². The Balaban J connectivity index is 1.50. The Morgan fingerprint density at radius 1 is 1.28 bits per heavy atom. The molecule has 128 valence electrons. The van der Waals surface area contributed by atoms with Crippen molar-refractivity contribution >= 4 is 17.4 Å². The summed E-state index contributed by atoms with van der Waals surface area (Å²) in [4.78, 5) is 19.5. The van der Waals surface area contributed by atoms with E-state index in [2.05, 4.69) is 32.5 Å². The smallest absolute Gasteiger partial charge is 0.291 e. The Hall–Kier alpha value is -2.60. The first-order valence-electron chi connectivity index (χ1n) is 8.14. The predicted octanol–water partition coefficient (Wildman–Crippen LogP) is 2.97. The summed E-state index contributed by atoms with van der Waals surface area (Å²) < 4.78 is 1.68. The lowest BCUT2D eigenvalue weighted by Gasteiger charge is -2.16. The van der Waals surface area contributed by atoms with Crippen molar-refractivity contribution in [3.63, 3.8) is 0 Å². The topological polar surface area (TPSA) is 75.6 Å². The number of H-pyrrole nitrogens is 1. The van der Waals surface area contributed by atoms with Gasteiger partial charge in [-0.2, -0.15) is 5.10 Å². The third-order valence-electron chi connectivity index (χ3n) is 4.71. The third-order valence-corrected chi connectivity index (χ3v) is 4.96. The van der Waals surface area contributed by atoms with Crippen LogP contribution in [-0.2, 0) is 12.5 Å². The summed E-state index contributed by atoms with van der Waals surface area (Å²) >= 11 is 5.97. The van der Waals surface area contributed by atoms with Crippen molar-refractivity contribution < 1.29 is 0 Å². The molecule has 0 spiro atoms. The number of rotatable bonds is 5. The fourth-order valence-corrected chi connectivity index (χ4v) is 3.14. The van der Waals surface area contributed by atoms with Gasteiger partial charge in [-0.3, -0.25) is 9.48 Å². The fraction of sp³-hybridized carbons (Fsp3) is 0.278. The van der Waals surface area contributed by atoms with Crippen molar-refractivity contribution in [1.29, 1.82) is 0 Å². The van der Waals surface area contributed by atoms with Crippen molar-refractivity contribution in [3.8, 4) is 11.3 Å². The summed E-state index contributed by atoms with van der Waals surface area (Å²) in [6.45, 7) is 0.678. The standard InChI is InChI=1S/C18H18ClN5O/c1-24-10-12(8-22-24)15-9-20-16(17(25)23-15)21-11-18(6-7-18)13-2-4-14(19)5-3-13/h2-5,8-10H,6-7,11H2,1H3,(H,20,21)(H,23,25). The number of aryl methyl sites for hydroxylation is 1. The minimum Gasteiger partial charge on any atom is -0.365 e. The molecule has 0 bridgehead atoms. The van der Waals surface area contributed by atoms with Crippen LogP contribution in [0.15, 0.2) is 47.7 Å². The van der Waals surface area contributed by atoms with Crippen LogP contribution >= 0.6 is 11.6 Å². The zero-order valence-corrected chi connectivity index (χ0v) is 14.5. The molecule has 1 aliphatic carbocycles. The highest BCUT2D eigenvalue weighted by molar-refractivity contribution is 6.30. The molecule has 1 fully saturated rings. The van der Waals surface area contributed by atoms with E-state index in [1.165, 1.54) is 5.56 Å². The summed E-state index contributed by atoms with van der Waals surface area (Å²) in [7, 11) is 1.83. The predicted molar refractivity (Wildman–Crippen MR) is 97.9 cm³/mol. The van der Waals surface area contributed by atoms with Gasteiger partial charge in [0, 0.05) is 35.8 Å². The van der Waals surface area contributed by atoms with Gasteiger partial charge < -0.3 is 10.3 Å². The Kier molecular flexibility index (Phi) is 3.84. The van der Waals surface area contributed by atoms with E-state index in [0.717, 1.165) is 23.4 Å². The molecule has 0 saturated heterocycles. The van der Waals surface area contributed by atoms with Crippen LogP contribution in [0.2, 0.25) is 5.02 Å². The molecule has 0 unspecified atom stereocenters. The third kappa shape index (κ3) is 3.17. The van der Waals surface area contributed by atoms with E-state index in [1.54, 1.807) is 17.1 Å². The van der Waals surface area contributed by atoms with E-state index in [9.17, 15) is 4.79 Å². The molecule has 6 nitrogen and oxygen atoms in total. The Bertz CT molecular complexity index is 956. The maximum Gasteiger partial charge on any atom is 0.291 e. The van der Waals surface area contributed by atoms with Crippen LogP contribution in [0.1, 0.15) is 18.4 Å². The van der Waals surface area contributed by atoms with E-state index >= 15 is 0 Å². The number of aromatic nitrogens is 4. The van der Waals surface area contributed by atoms with Gasteiger partial charge >= 0.3 is 0 Å². The molecule has 2 N–H and O–H groups in total. The summed E-state index contributed by atoms with van der Waals surface area (Å²) in [6.07, 6.45) is 7.36. The number of anilines is 1. The molecule has 2 heterocycles.